The van der Waals surface area contributed by atoms with E-state index in [-0.39, 0.29) is 12.5 Å². The first-order chi connectivity index (χ1) is 9.65. The average Bonchev–Trinajstić information content (AvgIpc) is 2.44. The molecule has 2 rings (SSSR count). The van der Waals surface area contributed by atoms with Gasteiger partial charge in [0, 0.05) is 24.2 Å². The van der Waals surface area contributed by atoms with Gasteiger partial charge in [-0.15, -0.1) is 0 Å². The summed E-state index contributed by atoms with van der Waals surface area (Å²) in [6.45, 7) is 5.45. The van der Waals surface area contributed by atoms with E-state index in [2.05, 4.69) is 15.3 Å². The normalized spacial score (nSPS) is 10.5. The van der Waals surface area contributed by atoms with E-state index in [0.717, 1.165) is 16.7 Å². The van der Waals surface area contributed by atoms with Crippen LogP contribution >= 0.6 is 0 Å². The van der Waals surface area contributed by atoms with Crippen LogP contribution in [-0.2, 0) is 4.79 Å². The number of hydrogen-bond acceptors (Lipinski definition) is 5. The highest BCUT2D eigenvalue weighted by Crippen LogP contribution is 2.24. The van der Waals surface area contributed by atoms with E-state index in [4.69, 9.17) is 5.73 Å². The lowest BCUT2D eigenvalue weighted by Crippen LogP contribution is -2.37. The van der Waals surface area contributed by atoms with Gasteiger partial charge < -0.3 is 16.0 Å². The molecule has 106 valence electrons. The number of nitrogens with one attached hydrogen (secondary N) is 1. The quantitative estimate of drug-likeness (QED) is 0.799. The Balaban J connectivity index is 2.38. The van der Waals surface area contributed by atoms with Gasteiger partial charge in [-0.2, -0.15) is 0 Å². The van der Waals surface area contributed by atoms with Gasteiger partial charge in [0.2, 0.25) is 5.91 Å². The molecule has 0 bridgehead atoms. The third-order valence-corrected chi connectivity index (χ3v) is 3.03. The van der Waals surface area contributed by atoms with Gasteiger partial charge in [-0.3, -0.25) is 4.79 Å². The zero-order valence-electron chi connectivity index (χ0n) is 11.8. The Labute approximate surface area is 118 Å². The van der Waals surface area contributed by atoms with Gasteiger partial charge in [0.25, 0.3) is 0 Å². The van der Waals surface area contributed by atoms with Crippen molar-refractivity contribution in [1.29, 1.82) is 0 Å². The summed E-state index contributed by atoms with van der Waals surface area (Å²) in [5.74, 6) is 0.709. The summed E-state index contributed by atoms with van der Waals surface area (Å²) >= 11 is 0. The van der Waals surface area contributed by atoms with Gasteiger partial charge in [0.15, 0.2) is 0 Å². The van der Waals surface area contributed by atoms with Crippen LogP contribution in [0.15, 0.2) is 24.5 Å². The number of carbonyl (C=O) groups is 1. The molecule has 6 heteroatoms. The topological polar surface area (TPSA) is 84.1 Å². The second kappa shape index (κ2) is 6.18. The van der Waals surface area contributed by atoms with Crippen molar-refractivity contribution >= 4 is 28.3 Å². The number of fused-ring (bicyclic) bond motifs is 1. The average molecular weight is 273 g/mol. The first-order valence-electron chi connectivity index (χ1n) is 6.67. The van der Waals surface area contributed by atoms with Crippen molar-refractivity contribution in [2.75, 3.05) is 30.3 Å². The lowest BCUT2D eigenvalue weighted by atomic mass is 10.2. The Morgan fingerprint density at radius 1 is 1.35 bits per heavy atom. The number of hydrogen-bond donors (Lipinski definition) is 2. The molecule has 2 aromatic rings. The van der Waals surface area contributed by atoms with Crippen LogP contribution in [0.3, 0.4) is 0 Å². The molecule has 0 atom stereocenters. The number of nitrogens with zero attached hydrogens (tertiary/aromatic N) is 3. The van der Waals surface area contributed by atoms with Crippen LogP contribution in [0.5, 0.6) is 0 Å². The van der Waals surface area contributed by atoms with Crippen molar-refractivity contribution in [1.82, 2.24) is 15.3 Å². The molecule has 0 saturated heterocycles. The molecule has 0 saturated carbocycles. The number of carbonyl (C=O) groups excluding carboxylic acids is 1. The first-order valence-corrected chi connectivity index (χ1v) is 6.67. The molecule has 1 aromatic heterocycles. The molecule has 1 amide bonds. The van der Waals surface area contributed by atoms with Crippen LogP contribution in [-0.4, -0.2) is 35.5 Å². The van der Waals surface area contributed by atoms with E-state index in [1.807, 2.05) is 30.9 Å². The fraction of sp³-hybridized carbons (Fsp3) is 0.357. The van der Waals surface area contributed by atoms with Crippen LogP contribution in [0.25, 0.3) is 10.9 Å². The van der Waals surface area contributed by atoms with E-state index < -0.39 is 0 Å². The molecule has 0 aliphatic carbocycles. The van der Waals surface area contributed by atoms with Crippen molar-refractivity contribution in [2.24, 2.45) is 0 Å². The van der Waals surface area contributed by atoms with Gasteiger partial charge in [-0.25, -0.2) is 9.97 Å². The molecule has 0 spiro atoms. The number of anilines is 2. The molecule has 0 aliphatic heterocycles. The van der Waals surface area contributed by atoms with Crippen molar-refractivity contribution in [3.63, 3.8) is 0 Å². The zero-order chi connectivity index (χ0) is 14.5. The van der Waals surface area contributed by atoms with Gasteiger partial charge in [0.05, 0.1) is 12.1 Å². The number of aromatic nitrogens is 2. The van der Waals surface area contributed by atoms with Crippen LogP contribution in [0.4, 0.5) is 11.5 Å². The summed E-state index contributed by atoms with van der Waals surface area (Å²) in [5.41, 5.74) is 7.30. The van der Waals surface area contributed by atoms with Crippen LogP contribution < -0.4 is 16.0 Å². The smallest absolute Gasteiger partial charge is 0.239 e. The minimum Gasteiger partial charge on any atom is -0.399 e. The van der Waals surface area contributed by atoms with Crippen molar-refractivity contribution in [3.8, 4) is 0 Å². The zero-order valence-corrected chi connectivity index (χ0v) is 11.8. The molecular weight excluding hydrogens is 254 g/mol. The molecule has 0 fully saturated rings. The van der Waals surface area contributed by atoms with E-state index >= 15 is 0 Å². The molecular formula is C14H19N5O. The number of likely N-dealkylation sites (N-methyl/N-ethyl adjacent to an activating group) is 2. The Morgan fingerprint density at radius 3 is 2.85 bits per heavy atom. The van der Waals surface area contributed by atoms with Crippen molar-refractivity contribution in [2.45, 2.75) is 13.8 Å². The van der Waals surface area contributed by atoms with E-state index in [1.165, 1.54) is 6.33 Å². The summed E-state index contributed by atoms with van der Waals surface area (Å²) in [7, 11) is 0. The number of nitrogen functional groups attached to an aromatic ring is 1. The lowest BCUT2D eigenvalue weighted by molar-refractivity contribution is -0.119. The molecule has 0 aliphatic rings. The standard InChI is InChI=1S/C14H19N5O/c1-3-16-13(20)8-19(4-2)14-11-7-10(15)5-6-12(11)17-9-18-14/h5-7,9H,3-4,8,15H2,1-2H3,(H,16,20). The Morgan fingerprint density at radius 2 is 2.15 bits per heavy atom. The number of nitrogens with two attached hydrogens (primary N) is 1. The largest absolute Gasteiger partial charge is 0.399 e. The SMILES string of the molecule is CCNC(=O)CN(CC)c1ncnc2ccc(N)cc12. The van der Waals surface area contributed by atoms with Crippen molar-refractivity contribution < 1.29 is 4.79 Å². The molecule has 3 N–H and O–H groups in total. The third-order valence-electron chi connectivity index (χ3n) is 3.03. The predicted molar refractivity (Wildman–Crippen MR) is 80.5 cm³/mol. The molecule has 1 heterocycles. The van der Waals surface area contributed by atoms with E-state index in [9.17, 15) is 4.79 Å². The molecule has 0 radical (unpaired) electrons. The molecule has 1 aromatic carbocycles. The Hall–Kier alpha value is -2.37. The minimum atomic E-state index is -0.0231. The number of amides is 1. The summed E-state index contributed by atoms with van der Waals surface area (Å²) in [4.78, 5) is 22.2. The van der Waals surface area contributed by atoms with Crippen LogP contribution in [0.1, 0.15) is 13.8 Å². The highest BCUT2D eigenvalue weighted by atomic mass is 16.2. The fourth-order valence-electron chi connectivity index (χ4n) is 2.08. The number of rotatable bonds is 5. The lowest BCUT2D eigenvalue weighted by Gasteiger charge is -2.22. The van der Waals surface area contributed by atoms with Gasteiger partial charge in [0.1, 0.15) is 12.1 Å². The summed E-state index contributed by atoms with van der Waals surface area (Å²) in [5, 5.41) is 3.65. The van der Waals surface area contributed by atoms with Crippen molar-refractivity contribution in [3.05, 3.63) is 24.5 Å². The van der Waals surface area contributed by atoms with Crippen LogP contribution in [0.2, 0.25) is 0 Å². The Bertz CT molecular complexity index is 614. The maximum atomic E-state index is 11.8. The Kier molecular flexibility index (Phi) is 4.34. The maximum absolute atomic E-state index is 11.8. The summed E-state index contributed by atoms with van der Waals surface area (Å²) < 4.78 is 0. The molecule has 0 unspecified atom stereocenters. The maximum Gasteiger partial charge on any atom is 0.239 e. The second-order valence-corrected chi connectivity index (χ2v) is 4.44. The predicted octanol–water partition coefficient (Wildman–Crippen LogP) is 1.17. The first kappa shape index (κ1) is 14.0. The minimum absolute atomic E-state index is 0.0231. The van der Waals surface area contributed by atoms with E-state index in [0.29, 0.717) is 18.8 Å². The second-order valence-electron chi connectivity index (χ2n) is 4.44. The fourth-order valence-corrected chi connectivity index (χ4v) is 2.08. The highest BCUT2D eigenvalue weighted by molar-refractivity contribution is 5.93. The van der Waals surface area contributed by atoms with Gasteiger partial charge in [-0.1, -0.05) is 0 Å². The monoisotopic (exact) mass is 273 g/mol. The number of benzene rings is 1. The van der Waals surface area contributed by atoms with Gasteiger partial charge >= 0.3 is 0 Å². The molecule has 6 nitrogen and oxygen atoms in total. The van der Waals surface area contributed by atoms with E-state index in [1.54, 1.807) is 6.07 Å². The van der Waals surface area contributed by atoms with Gasteiger partial charge in [-0.05, 0) is 32.0 Å². The van der Waals surface area contributed by atoms with Crippen LogP contribution in [0, 0.1) is 0 Å². The molecule has 20 heavy (non-hydrogen) atoms. The third kappa shape index (κ3) is 2.96. The summed E-state index contributed by atoms with van der Waals surface area (Å²) in [6.07, 6.45) is 1.51. The highest BCUT2D eigenvalue weighted by Gasteiger charge is 2.14. The summed E-state index contributed by atoms with van der Waals surface area (Å²) in [6, 6.07) is 5.50.